The predicted molar refractivity (Wildman–Crippen MR) is 66.8 cm³/mol. The van der Waals surface area contributed by atoms with Crippen LogP contribution >= 0.6 is 0 Å². The first-order chi connectivity index (χ1) is 8.17. The molecule has 5 heteroatoms. The maximum absolute atomic E-state index is 10.1. The molecular weight excluding hydrogens is 219 g/mol. The van der Waals surface area contributed by atoms with Gasteiger partial charge in [-0.05, 0) is 25.7 Å². The molecule has 2 aliphatic rings. The van der Waals surface area contributed by atoms with Gasteiger partial charge >= 0.3 is 0 Å². The molecule has 0 radical (unpaired) electrons. The lowest BCUT2D eigenvalue weighted by atomic mass is 9.92. The van der Waals surface area contributed by atoms with Gasteiger partial charge in [0.2, 0.25) is 0 Å². The molecule has 0 amide bonds. The highest BCUT2D eigenvalue weighted by Gasteiger charge is 2.43. The molecule has 1 aliphatic heterocycles. The van der Waals surface area contributed by atoms with Gasteiger partial charge in [-0.25, -0.2) is 0 Å². The second-order valence-electron chi connectivity index (χ2n) is 5.12. The minimum atomic E-state index is -0.506. The minimum absolute atomic E-state index is 0.0342. The first kappa shape index (κ1) is 13.3. The van der Waals surface area contributed by atoms with Crippen LogP contribution in [0.3, 0.4) is 0 Å². The molecule has 0 aromatic carbocycles. The van der Waals surface area contributed by atoms with Crippen LogP contribution in [0.4, 0.5) is 0 Å². The molecule has 0 bridgehead atoms. The van der Waals surface area contributed by atoms with Gasteiger partial charge in [0.15, 0.2) is 0 Å². The van der Waals surface area contributed by atoms with E-state index in [1.54, 1.807) is 7.11 Å². The average molecular weight is 242 g/mol. The molecule has 1 saturated carbocycles. The van der Waals surface area contributed by atoms with Gasteiger partial charge < -0.3 is 19.3 Å². The van der Waals surface area contributed by atoms with Crippen LogP contribution in [-0.4, -0.2) is 56.6 Å². The fourth-order valence-electron chi connectivity index (χ4n) is 2.97. The third-order valence-electron chi connectivity index (χ3n) is 4.00. The van der Waals surface area contributed by atoms with E-state index in [-0.39, 0.29) is 30.4 Å². The molecule has 1 heterocycles. The van der Waals surface area contributed by atoms with Crippen molar-refractivity contribution in [1.29, 1.82) is 0 Å². The van der Waals surface area contributed by atoms with E-state index >= 15 is 0 Å². The Bertz CT molecular complexity index is 251. The van der Waals surface area contributed by atoms with E-state index in [9.17, 15) is 5.11 Å². The topological polar surface area (TPSA) is 47.9 Å². The van der Waals surface area contributed by atoms with Crippen molar-refractivity contribution in [2.24, 2.45) is 0 Å². The molecule has 0 aromatic rings. The molecule has 0 aromatic heterocycles. The van der Waals surface area contributed by atoms with Gasteiger partial charge in [-0.1, -0.05) is 6.92 Å². The van der Waals surface area contributed by atoms with Crippen molar-refractivity contribution in [3.05, 3.63) is 0 Å². The van der Waals surface area contributed by atoms with Gasteiger partial charge in [0, 0.05) is 7.11 Å². The van der Waals surface area contributed by atoms with Gasteiger partial charge in [-0.2, -0.15) is 0 Å². The van der Waals surface area contributed by atoms with Crippen molar-refractivity contribution in [1.82, 2.24) is 0 Å². The van der Waals surface area contributed by atoms with Gasteiger partial charge in [0.25, 0.3) is 0 Å². The lowest BCUT2D eigenvalue weighted by molar-refractivity contribution is -0.105. The van der Waals surface area contributed by atoms with Crippen LogP contribution in [0.2, 0.25) is 0 Å². The van der Waals surface area contributed by atoms with Crippen LogP contribution in [0.15, 0.2) is 0 Å². The van der Waals surface area contributed by atoms with Crippen LogP contribution in [0, 0.1) is 0 Å². The number of rotatable bonds is 4. The molecule has 1 unspecified atom stereocenters. The number of hydrogen-bond donors (Lipinski definition) is 1. The SMILES string of the molecule is B[C@@H]1O[C@H](CC)[C@H](O)C1O[C@@H]1CCC[C@H]1OC. The maximum atomic E-state index is 10.1. The lowest BCUT2D eigenvalue weighted by Gasteiger charge is -2.26. The monoisotopic (exact) mass is 242 g/mol. The Kier molecular flexibility index (Phi) is 4.47. The van der Waals surface area contributed by atoms with Crippen molar-refractivity contribution < 1.29 is 19.3 Å². The standard InChI is InChI=1S/C12H23BO4/c1-3-7-10(14)11(12(13)17-7)16-9-6-4-5-8(9)15-2/h7-12,14H,3-6,13H2,1-2H3/t7-,8-,9-,10+,11?,12-/m1/s1. The third-order valence-corrected chi connectivity index (χ3v) is 4.00. The molecule has 1 saturated heterocycles. The Balaban J connectivity index is 1.94. The lowest BCUT2D eigenvalue weighted by Crippen LogP contribution is -2.40. The van der Waals surface area contributed by atoms with Crippen LogP contribution < -0.4 is 0 Å². The van der Waals surface area contributed by atoms with E-state index in [2.05, 4.69) is 0 Å². The molecular formula is C12H23BO4. The summed E-state index contributed by atoms with van der Waals surface area (Å²) in [7, 11) is 3.70. The summed E-state index contributed by atoms with van der Waals surface area (Å²) in [6.45, 7) is 2.02. The Morgan fingerprint density at radius 3 is 2.65 bits per heavy atom. The van der Waals surface area contributed by atoms with Crippen LogP contribution in [0.5, 0.6) is 0 Å². The Morgan fingerprint density at radius 1 is 1.35 bits per heavy atom. The predicted octanol–water partition coefficient (Wildman–Crippen LogP) is 0.0680. The van der Waals surface area contributed by atoms with Gasteiger partial charge in [-0.3, -0.25) is 0 Å². The van der Waals surface area contributed by atoms with Crippen LogP contribution in [-0.2, 0) is 14.2 Å². The summed E-state index contributed by atoms with van der Waals surface area (Å²) in [5.74, 6) is 0. The first-order valence-electron chi connectivity index (χ1n) is 6.69. The summed E-state index contributed by atoms with van der Waals surface area (Å²) in [6.07, 6.45) is 3.52. The zero-order valence-electron chi connectivity index (χ0n) is 11.0. The molecule has 1 N–H and O–H groups in total. The Labute approximate surface area is 104 Å². The molecule has 0 spiro atoms. The maximum Gasteiger partial charge on any atom is 0.142 e. The summed E-state index contributed by atoms with van der Waals surface area (Å²) in [5, 5.41) is 10.1. The average Bonchev–Trinajstić information content (AvgIpc) is 2.88. The van der Waals surface area contributed by atoms with E-state index in [1.807, 2.05) is 14.8 Å². The molecule has 6 atom stereocenters. The highest BCUT2D eigenvalue weighted by Crippen LogP contribution is 2.31. The largest absolute Gasteiger partial charge is 0.388 e. The van der Waals surface area contributed by atoms with E-state index < -0.39 is 6.10 Å². The van der Waals surface area contributed by atoms with E-state index in [4.69, 9.17) is 14.2 Å². The Hall–Kier alpha value is -0.0951. The van der Waals surface area contributed by atoms with Gasteiger partial charge in [0.05, 0.1) is 24.3 Å². The number of aliphatic hydroxyl groups excluding tert-OH is 1. The van der Waals surface area contributed by atoms with Crippen LogP contribution in [0.25, 0.3) is 0 Å². The van der Waals surface area contributed by atoms with Crippen molar-refractivity contribution in [3.8, 4) is 0 Å². The smallest absolute Gasteiger partial charge is 0.142 e. The Morgan fingerprint density at radius 2 is 2.06 bits per heavy atom. The molecule has 2 rings (SSSR count). The second kappa shape index (κ2) is 5.70. The van der Waals surface area contributed by atoms with Crippen molar-refractivity contribution in [3.63, 3.8) is 0 Å². The van der Waals surface area contributed by atoms with Crippen molar-refractivity contribution >= 4 is 7.85 Å². The fourth-order valence-corrected chi connectivity index (χ4v) is 2.97. The highest BCUT2D eigenvalue weighted by atomic mass is 16.6. The summed E-state index contributed by atoms with van der Waals surface area (Å²) in [4.78, 5) is 0. The highest BCUT2D eigenvalue weighted by molar-refractivity contribution is 6.11. The zero-order chi connectivity index (χ0) is 12.4. The van der Waals surface area contributed by atoms with Gasteiger partial charge in [0.1, 0.15) is 20.1 Å². The summed E-state index contributed by atoms with van der Waals surface area (Å²) >= 11 is 0. The normalized spacial score (nSPS) is 46.5. The molecule has 17 heavy (non-hydrogen) atoms. The summed E-state index contributed by atoms with van der Waals surface area (Å²) < 4.78 is 17.1. The molecule has 1 aliphatic carbocycles. The summed E-state index contributed by atoms with van der Waals surface area (Å²) in [6, 6.07) is -0.0342. The quantitative estimate of drug-likeness (QED) is 0.708. The van der Waals surface area contributed by atoms with Crippen LogP contribution in [0.1, 0.15) is 32.6 Å². The van der Waals surface area contributed by atoms with E-state index in [0.717, 1.165) is 25.7 Å². The number of methoxy groups -OCH3 is 1. The number of hydrogen-bond acceptors (Lipinski definition) is 4. The van der Waals surface area contributed by atoms with Crippen molar-refractivity contribution in [2.45, 2.75) is 69.1 Å². The molecule has 98 valence electrons. The molecule has 4 nitrogen and oxygen atoms in total. The number of ether oxygens (including phenoxy) is 3. The van der Waals surface area contributed by atoms with E-state index in [1.165, 1.54) is 0 Å². The number of aliphatic hydroxyl groups is 1. The van der Waals surface area contributed by atoms with E-state index in [0.29, 0.717) is 0 Å². The molecule has 2 fully saturated rings. The van der Waals surface area contributed by atoms with Crippen molar-refractivity contribution in [2.75, 3.05) is 7.11 Å². The fraction of sp³-hybridized carbons (Fsp3) is 1.00. The first-order valence-corrected chi connectivity index (χ1v) is 6.69. The second-order valence-corrected chi connectivity index (χ2v) is 5.12. The minimum Gasteiger partial charge on any atom is -0.388 e. The summed E-state index contributed by atoms with van der Waals surface area (Å²) in [5.41, 5.74) is 0. The zero-order valence-corrected chi connectivity index (χ0v) is 11.0. The van der Waals surface area contributed by atoms with Gasteiger partial charge in [-0.15, -0.1) is 0 Å². The third kappa shape index (κ3) is 2.68.